The van der Waals surface area contributed by atoms with Crippen LogP contribution >= 0.6 is 11.6 Å². The highest BCUT2D eigenvalue weighted by molar-refractivity contribution is 7.89. The largest absolute Gasteiger partial charge is 0.395 e. The van der Waals surface area contributed by atoms with Crippen LogP contribution in [0.2, 0.25) is 5.02 Å². The second-order valence-corrected chi connectivity index (χ2v) is 8.82. The molecule has 2 aromatic heterocycles. The number of hydrogen-bond acceptors (Lipinski definition) is 7. The predicted octanol–water partition coefficient (Wildman–Crippen LogP) is 3.15. The van der Waals surface area contributed by atoms with Gasteiger partial charge in [-0.3, -0.25) is 5.10 Å². The minimum atomic E-state index is -3.74. The molecule has 0 atom stereocenters. The quantitative estimate of drug-likeness (QED) is 0.422. The Morgan fingerprint density at radius 2 is 2.14 bits per heavy atom. The second kappa shape index (κ2) is 8.07. The first-order valence-corrected chi connectivity index (χ1v) is 10.9. The molecule has 0 unspecified atom stereocenters. The van der Waals surface area contributed by atoms with E-state index in [2.05, 4.69) is 30.2 Å². The van der Waals surface area contributed by atoms with E-state index in [0.717, 1.165) is 18.5 Å². The minimum Gasteiger partial charge on any atom is -0.395 e. The smallest absolute Gasteiger partial charge is 0.240 e. The van der Waals surface area contributed by atoms with Crippen LogP contribution in [-0.4, -0.2) is 46.8 Å². The molecule has 0 spiro atoms. The highest BCUT2D eigenvalue weighted by Gasteiger charge is 2.25. The zero-order valence-corrected chi connectivity index (χ0v) is 16.8. The van der Waals surface area contributed by atoms with E-state index in [1.54, 1.807) is 12.1 Å². The highest BCUT2D eigenvalue weighted by Crippen LogP contribution is 2.39. The number of H-pyrrole nitrogens is 1. The molecule has 1 aliphatic rings. The molecule has 158 valence electrons. The molecular formula is C18H25ClN6O3S. The molecule has 1 aromatic carbocycles. The Morgan fingerprint density at radius 3 is 2.90 bits per heavy atom. The van der Waals surface area contributed by atoms with Crippen LogP contribution in [0.3, 0.4) is 0 Å². The van der Waals surface area contributed by atoms with E-state index < -0.39 is 10.0 Å². The first-order valence-electron chi connectivity index (χ1n) is 9.02. The molecule has 0 radical (unpaired) electrons. The lowest BCUT2D eigenvalue weighted by Crippen LogP contribution is -2.26. The normalized spacial score (nSPS) is 14.1. The Kier molecular flexibility index (Phi) is 5.50. The highest BCUT2D eigenvalue weighted by atomic mass is 35.5. The number of aromatic amines is 1. The van der Waals surface area contributed by atoms with Crippen LogP contribution in [0, 0.1) is 0 Å². The molecule has 1 fully saturated rings. The van der Waals surface area contributed by atoms with Gasteiger partial charge < -0.3 is 10.4 Å². The minimum absolute atomic E-state index is 0. The average molecular weight is 441 g/mol. The summed E-state index contributed by atoms with van der Waals surface area (Å²) in [5.41, 5.74) is 1.59. The van der Waals surface area contributed by atoms with E-state index in [0.29, 0.717) is 34.0 Å². The van der Waals surface area contributed by atoms with Gasteiger partial charge in [-0.15, -0.1) is 0 Å². The summed E-state index contributed by atoms with van der Waals surface area (Å²) in [7, 11) is -3.74. The lowest BCUT2D eigenvalue weighted by molar-refractivity contribution is 0.301. The Bertz CT molecular complexity index is 1140. The van der Waals surface area contributed by atoms with Crippen molar-refractivity contribution in [1.29, 1.82) is 0 Å². The van der Waals surface area contributed by atoms with Gasteiger partial charge in [0.05, 0.1) is 17.7 Å². The Labute approximate surface area is 177 Å². The van der Waals surface area contributed by atoms with Crippen molar-refractivity contribution in [3.05, 3.63) is 47.2 Å². The third kappa shape index (κ3) is 4.56. The molecule has 11 heteroatoms. The van der Waals surface area contributed by atoms with Gasteiger partial charge in [-0.2, -0.15) is 5.10 Å². The fraction of sp³-hybridized carbons (Fsp3) is 0.278. The van der Waals surface area contributed by atoms with Crippen molar-refractivity contribution in [2.45, 2.75) is 23.7 Å². The van der Waals surface area contributed by atoms with Gasteiger partial charge in [0, 0.05) is 34.1 Å². The van der Waals surface area contributed by atoms with Crippen LogP contribution in [0.5, 0.6) is 0 Å². The van der Waals surface area contributed by atoms with Gasteiger partial charge in [0.1, 0.15) is 5.02 Å². The molecule has 1 aliphatic carbocycles. The first kappa shape index (κ1) is 19.8. The van der Waals surface area contributed by atoms with Crippen molar-refractivity contribution in [3.63, 3.8) is 0 Å². The summed E-state index contributed by atoms with van der Waals surface area (Å²) in [4.78, 5) is 8.70. The maximum atomic E-state index is 12.3. The summed E-state index contributed by atoms with van der Waals surface area (Å²) in [5, 5.41) is 19.5. The third-order valence-corrected chi connectivity index (χ3v) is 6.15. The van der Waals surface area contributed by atoms with Gasteiger partial charge in [-0.1, -0.05) is 23.7 Å². The van der Waals surface area contributed by atoms with Gasteiger partial charge in [0.25, 0.3) is 0 Å². The number of benzene rings is 1. The summed E-state index contributed by atoms with van der Waals surface area (Å²) < 4.78 is 26.9. The number of anilines is 2. The first-order chi connectivity index (χ1) is 14.0. The lowest BCUT2D eigenvalue weighted by Gasteiger charge is -2.09. The van der Waals surface area contributed by atoms with Crippen molar-refractivity contribution in [1.82, 2.24) is 24.9 Å². The van der Waals surface area contributed by atoms with Crippen LogP contribution in [0.4, 0.5) is 11.6 Å². The molecule has 9 nitrogen and oxygen atoms in total. The summed E-state index contributed by atoms with van der Waals surface area (Å²) in [6, 6.07) is 8.16. The molecule has 0 aliphatic heterocycles. The van der Waals surface area contributed by atoms with Crippen LogP contribution < -0.4 is 10.0 Å². The van der Waals surface area contributed by atoms with Gasteiger partial charge >= 0.3 is 0 Å². The number of hydrogen-bond donors (Lipinski definition) is 4. The van der Waals surface area contributed by atoms with E-state index in [1.165, 1.54) is 18.3 Å². The van der Waals surface area contributed by atoms with E-state index >= 15 is 0 Å². The van der Waals surface area contributed by atoms with Crippen LogP contribution in [0.15, 0.2) is 41.4 Å². The van der Waals surface area contributed by atoms with Crippen molar-refractivity contribution >= 4 is 33.3 Å². The molecule has 0 bridgehead atoms. The molecule has 1 saturated carbocycles. The maximum absolute atomic E-state index is 12.3. The summed E-state index contributed by atoms with van der Waals surface area (Å²) >= 11 is 6.22. The zero-order valence-electron chi connectivity index (χ0n) is 15.3. The number of aliphatic hydroxyl groups excluding tert-OH is 1. The monoisotopic (exact) mass is 440 g/mol. The number of nitrogens with zero attached hydrogens (tertiary/aromatic N) is 3. The molecule has 2 heterocycles. The number of halogens is 1. The maximum Gasteiger partial charge on any atom is 0.240 e. The SMILES string of the molecule is O=S(=O)(NCCO)c1cccc(-c2ncc(Cl)c(Nc3cc(C4CC4)[nH]n3)n2)c1.[HH].[HH].[HH]. The van der Waals surface area contributed by atoms with Gasteiger partial charge in [0.2, 0.25) is 10.0 Å². The Morgan fingerprint density at radius 1 is 1.31 bits per heavy atom. The molecular weight excluding hydrogens is 416 g/mol. The van der Waals surface area contributed by atoms with Crippen molar-refractivity contribution in [2.24, 2.45) is 0 Å². The summed E-state index contributed by atoms with van der Waals surface area (Å²) in [5.74, 6) is 1.83. The van der Waals surface area contributed by atoms with E-state index in [1.807, 2.05) is 6.07 Å². The molecule has 29 heavy (non-hydrogen) atoms. The number of nitrogens with one attached hydrogen (secondary N) is 3. The average Bonchev–Trinajstić information content (AvgIpc) is 3.47. The second-order valence-electron chi connectivity index (χ2n) is 6.65. The molecule has 4 N–H and O–H groups in total. The Balaban J connectivity index is 0.00000171. The number of aliphatic hydroxyl groups is 1. The Hall–Kier alpha value is -2.53. The fourth-order valence-electron chi connectivity index (χ4n) is 2.78. The van der Waals surface area contributed by atoms with E-state index in [-0.39, 0.29) is 22.3 Å². The molecule has 3 aromatic rings. The van der Waals surface area contributed by atoms with E-state index in [4.69, 9.17) is 16.7 Å². The van der Waals surface area contributed by atoms with Crippen molar-refractivity contribution in [2.75, 3.05) is 18.5 Å². The standard InChI is InChI=1S/C18H19ClN6O3S.3H2/c19-14-10-20-17(12-2-1-3-13(8-12)29(27,28)21-6-7-26)23-18(14)22-16-9-15(24-25-16)11-4-5-11;;;/h1-3,8-11,21,26H,4-7H2,(H2,20,22,23,24,25);3*1H. The van der Waals surface area contributed by atoms with Crippen LogP contribution in [0.25, 0.3) is 11.4 Å². The van der Waals surface area contributed by atoms with E-state index in [9.17, 15) is 8.42 Å². The van der Waals surface area contributed by atoms with Gasteiger partial charge in [-0.25, -0.2) is 23.1 Å². The number of sulfonamides is 1. The molecule has 4 rings (SSSR count). The lowest BCUT2D eigenvalue weighted by atomic mass is 10.2. The van der Waals surface area contributed by atoms with Gasteiger partial charge in [0.15, 0.2) is 17.5 Å². The summed E-state index contributed by atoms with van der Waals surface area (Å²) in [6.07, 6.45) is 3.77. The van der Waals surface area contributed by atoms with Gasteiger partial charge in [-0.05, 0) is 25.0 Å². The third-order valence-electron chi connectivity index (χ3n) is 4.41. The number of rotatable bonds is 8. The van der Waals surface area contributed by atoms with Crippen LogP contribution in [-0.2, 0) is 10.0 Å². The van der Waals surface area contributed by atoms with Crippen molar-refractivity contribution < 1.29 is 17.8 Å². The zero-order chi connectivity index (χ0) is 20.4. The summed E-state index contributed by atoms with van der Waals surface area (Å²) in [6.45, 7) is -0.353. The predicted molar refractivity (Wildman–Crippen MR) is 115 cm³/mol. The number of aromatic nitrogens is 4. The topological polar surface area (TPSA) is 133 Å². The van der Waals surface area contributed by atoms with Crippen LogP contribution in [0.1, 0.15) is 28.7 Å². The van der Waals surface area contributed by atoms with Crippen molar-refractivity contribution in [3.8, 4) is 11.4 Å². The molecule has 0 saturated heterocycles. The fourth-order valence-corrected chi connectivity index (χ4v) is 3.99. The molecule has 0 amide bonds.